The van der Waals surface area contributed by atoms with Gasteiger partial charge in [0, 0.05) is 23.7 Å². The van der Waals surface area contributed by atoms with Crippen LogP contribution in [-0.4, -0.2) is 24.7 Å². The van der Waals surface area contributed by atoms with Crippen molar-refractivity contribution in [2.45, 2.75) is 25.7 Å². The molecule has 0 bridgehead atoms. The molecule has 0 aromatic heterocycles. The number of hydrogen-bond acceptors (Lipinski definition) is 3. The second kappa shape index (κ2) is 5.87. The van der Waals surface area contributed by atoms with Gasteiger partial charge in [0.2, 0.25) is 0 Å². The zero-order valence-electron chi connectivity index (χ0n) is 10.8. The van der Waals surface area contributed by atoms with E-state index in [1.165, 1.54) is 42.0 Å². The molecule has 0 radical (unpaired) electrons. The van der Waals surface area contributed by atoms with Crippen LogP contribution < -0.4 is 10.1 Å². The van der Waals surface area contributed by atoms with Gasteiger partial charge in [0.1, 0.15) is 5.75 Å². The van der Waals surface area contributed by atoms with E-state index in [4.69, 9.17) is 4.74 Å². The highest BCUT2D eigenvalue weighted by molar-refractivity contribution is 7.99. The highest BCUT2D eigenvalue weighted by Gasteiger charge is 2.17. The van der Waals surface area contributed by atoms with E-state index in [9.17, 15) is 0 Å². The van der Waals surface area contributed by atoms with E-state index in [1.54, 1.807) is 0 Å². The van der Waals surface area contributed by atoms with Crippen molar-refractivity contribution >= 4 is 17.4 Å². The van der Waals surface area contributed by atoms with Crippen molar-refractivity contribution in [3.63, 3.8) is 0 Å². The number of nitrogens with one attached hydrogen (secondary N) is 1. The number of benzene rings is 1. The summed E-state index contributed by atoms with van der Waals surface area (Å²) in [5.74, 6) is 4.46. The molecular formula is C15H21NOS. The minimum Gasteiger partial charge on any atom is -0.493 e. The summed E-state index contributed by atoms with van der Waals surface area (Å²) in [5, 5.41) is 3.46. The Bertz CT molecular complexity index is 401. The summed E-state index contributed by atoms with van der Waals surface area (Å²) in [6, 6.07) is 6.39. The lowest BCUT2D eigenvalue weighted by Crippen LogP contribution is -2.19. The van der Waals surface area contributed by atoms with Crippen LogP contribution in [0.25, 0.3) is 0 Å². The first-order valence-corrected chi connectivity index (χ1v) is 8.15. The Kier molecular flexibility index (Phi) is 3.99. The van der Waals surface area contributed by atoms with Gasteiger partial charge in [-0.15, -0.1) is 0 Å². The molecule has 1 fully saturated rings. The number of hydrogen-bond donors (Lipinski definition) is 1. The summed E-state index contributed by atoms with van der Waals surface area (Å²) in [6.45, 7) is 1.99. The molecule has 2 aliphatic heterocycles. The van der Waals surface area contributed by atoms with Gasteiger partial charge in [-0.2, -0.15) is 11.8 Å². The lowest BCUT2D eigenvalue weighted by molar-refractivity contribution is 0.250. The Labute approximate surface area is 113 Å². The number of anilines is 1. The van der Waals surface area contributed by atoms with Crippen LogP contribution in [0.2, 0.25) is 0 Å². The summed E-state index contributed by atoms with van der Waals surface area (Å²) in [4.78, 5) is 0. The number of rotatable bonds is 3. The quantitative estimate of drug-likeness (QED) is 0.901. The number of fused-ring (bicyclic) bond motifs is 1. The van der Waals surface area contributed by atoms with Gasteiger partial charge in [-0.3, -0.25) is 0 Å². The van der Waals surface area contributed by atoms with Crippen molar-refractivity contribution in [1.29, 1.82) is 0 Å². The Morgan fingerprint density at radius 2 is 2.33 bits per heavy atom. The van der Waals surface area contributed by atoms with Gasteiger partial charge in [-0.1, -0.05) is 6.07 Å². The molecule has 2 aliphatic rings. The average molecular weight is 263 g/mol. The zero-order valence-corrected chi connectivity index (χ0v) is 11.6. The lowest BCUT2D eigenvalue weighted by Gasteiger charge is -2.24. The molecule has 0 aliphatic carbocycles. The molecule has 98 valence electrons. The molecular weight excluding hydrogens is 242 g/mol. The molecule has 0 spiro atoms. The summed E-state index contributed by atoms with van der Waals surface area (Å²) >= 11 is 2.07. The summed E-state index contributed by atoms with van der Waals surface area (Å²) in [5.41, 5.74) is 2.66. The highest BCUT2D eigenvalue weighted by atomic mass is 32.2. The standard InChI is InChI=1S/C15H21NOS/c1-6-14-13(5-2-8-16-14)15(7-1)17-10-12-4-3-9-18-11-12/h1,6-7,12,16H,2-5,8-11H2. The van der Waals surface area contributed by atoms with E-state index in [1.807, 2.05) is 0 Å². The van der Waals surface area contributed by atoms with E-state index < -0.39 is 0 Å². The van der Waals surface area contributed by atoms with Crippen LogP contribution in [0.3, 0.4) is 0 Å². The monoisotopic (exact) mass is 263 g/mol. The molecule has 1 aromatic carbocycles. The van der Waals surface area contributed by atoms with Crippen LogP contribution in [0, 0.1) is 5.92 Å². The van der Waals surface area contributed by atoms with E-state index in [0.717, 1.165) is 31.2 Å². The second-order valence-electron chi connectivity index (χ2n) is 5.21. The van der Waals surface area contributed by atoms with Crippen molar-refractivity contribution in [2.24, 2.45) is 5.92 Å². The van der Waals surface area contributed by atoms with E-state index in [0.29, 0.717) is 0 Å². The number of thioether (sulfide) groups is 1. The normalized spacial score (nSPS) is 23.0. The first-order chi connectivity index (χ1) is 8.93. The van der Waals surface area contributed by atoms with Gasteiger partial charge in [0.25, 0.3) is 0 Å². The van der Waals surface area contributed by atoms with Crippen molar-refractivity contribution in [2.75, 3.05) is 30.0 Å². The molecule has 2 heterocycles. The van der Waals surface area contributed by atoms with Crippen LogP contribution in [-0.2, 0) is 6.42 Å². The van der Waals surface area contributed by atoms with Crippen molar-refractivity contribution in [3.8, 4) is 5.75 Å². The van der Waals surface area contributed by atoms with E-state index in [-0.39, 0.29) is 0 Å². The molecule has 3 rings (SSSR count). The maximum Gasteiger partial charge on any atom is 0.124 e. The molecule has 1 saturated heterocycles. The molecule has 1 unspecified atom stereocenters. The fourth-order valence-corrected chi connectivity index (χ4v) is 3.89. The molecule has 3 heteroatoms. The van der Waals surface area contributed by atoms with E-state index in [2.05, 4.69) is 35.3 Å². The molecule has 0 saturated carbocycles. The van der Waals surface area contributed by atoms with Crippen molar-refractivity contribution in [3.05, 3.63) is 23.8 Å². The minimum absolute atomic E-state index is 0.746. The molecule has 0 amide bonds. The SMILES string of the molecule is c1cc2c(c(OCC3CCCSC3)c1)CCCN2. The molecule has 1 atom stereocenters. The Morgan fingerprint density at radius 1 is 1.33 bits per heavy atom. The third kappa shape index (κ3) is 2.77. The fourth-order valence-electron chi connectivity index (χ4n) is 2.76. The predicted molar refractivity (Wildman–Crippen MR) is 78.8 cm³/mol. The van der Waals surface area contributed by atoms with E-state index >= 15 is 0 Å². The predicted octanol–water partition coefficient (Wildman–Crippen LogP) is 3.57. The van der Waals surface area contributed by atoms with Crippen LogP contribution in [0.5, 0.6) is 5.75 Å². The van der Waals surface area contributed by atoms with Gasteiger partial charge in [0.05, 0.1) is 6.61 Å². The Morgan fingerprint density at radius 3 is 3.22 bits per heavy atom. The smallest absolute Gasteiger partial charge is 0.124 e. The summed E-state index contributed by atoms with van der Waals surface area (Å²) < 4.78 is 6.09. The average Bonchev–Trinajstić information content (AvgIpc) is 2.46. The first kappa shape index (κ1) is 12.2. The van der Waals surface area contributed by atoms with Crippen molar-refractivity contribution in [1.82, 2.24) is 0 Å². The maximum absolute atomic E-state index is 6.09. The summed E-state index contributed by atoms with van der Waals surface area (Å²) in [6.07, 6.45) is 5.05. The van der Waals surface area contributed by atoms with Gasteiger partial charge in [0.15, 0.2) is 0 Å². The third-order valence-electron chi connectivity index (χ3n) is 3.78. The van der Waals surface area contributed by atoms with Gasteiger partial charge < -0.3 is 10.1 Å². The van der Waals surface area contributed by atoms with Gasteiger partial charge in [-0.05, 0) is 49.3 Å². The molecule has 1 aromatic rings. The first-order valence-electron chi connectivity index (χ1n) is 7.00. The highest BCUT2D eigenvalue weighted by Crippen LogP contribution is 2.31. The van der Waals surface area contributed by atoms with Crippen LogP contribution >= 0.6 is 11.8 Å². The summed E-state index contributed by atoms with van der Waals surface area (Å²) in [7, 11) is 0. The second-order valence-corrected chi connectivity index (χ2v) is 6.36. The van der Waals surface area contributed by atoms with Crippen LogP contribution in [0.4, 0.5) is 5.69 Å². The van der Waals surface area contributed by atoms with Crippen LogP contribution in [0.1, 0.15) is 24.8 Å². The topological polar surface area (TPSA) is 21.3 Å². The van der Waals surface area contributed by atoms with Crippen molar-refractivity contribution < 1.29 is 4.74 Å². The van der Waals surface area contributed by atoms with Crippen LogP contribution in [0.15, 0.2) is 18.2 Å². The molecule has 18 heavy (non-hydrogen) atoms. The Balaban J connectivity index is 1.65. The Hall–Kier alpha value is -0.830. The van der Waals surface area contributed by atoms with Gasteiger partial charge in [-0.25, -0.2) is 0 Å². The fraction of sp³-hybridized carbons (Fsp3) is 0.600. The number of ether oxygens (including phenoxy) is 1. The maximum atomic E-state index is 6.09. The largest absolute Gasteiger partial charge is 0.493 e. The lowest BCUT2D eigenvalue weighted by atomic mass is 10.0. The zero-order chi connectivity index (χ0) is 12.2. The minimum atomic E-state index is 0.746. The molecule has 1 N–H and O–H groups in total. The third-order valence-corrected chi connectivity index (χ3v) is 5.07. The molecule has 2 nitrogen and oxygen atoms in total. The van der Waals surface area contributed by atoms with Gasteiger partial charge >= 0.3 is 0 Å².